The number of hydrogen-bond donors (Lipinski definition) is 1. The van der Waals surface area contributed by atoms with Crippen LogP contribution in [-0.2, 0) is 4.79 Å². The Morgan fingerprint density at radius 1 is 1.38 bits per heavy atom. The minimum atomic E-state index is -0.566. The summed E-state index contributed by atoms with van der Waals surface area (Å²) in [6.07, 6.45) is 6.30. The van der Waals surface area contributed by atoms with Gasteiger partial charge in [0.15, 0.2) is 0 Å². The summed E-state index contributed by atoms with van der Waals surface area (Å²) in [7, 11) is 0. The monoisotopic (exact) mass is 225 g/mol. The first kappa shape index (κ1) is 11.9. The molecule has 16 heavy (non-hydrogen) atoms. The van der Waals surface area contributed by atoms with Crippen molar-refractivity contribution in [3.05, 3.63) is 0 Å². The highest BCUT2D eigenvalue weighted by atomic mass is 16.4. The molecule has 1 N–H and O–H groups in total. The molecule has 1 aliphatic carbocycles. The minimum absolute atomic E-state index is 0.358. The van der Waals surface area contributed by atoms with Crippen molar-refractivity contribution in [1.82, 2.24) is 4.90 Å². The highest BCUT2D eigenvalue weighted by molar-refractivity contribution is 5.75. The van der Waals surface area contributed by atoms with E-state index in [9.17, 15) is 9.90 Å². The molecule has 1 saturated carbocycles. The molecule has 0 spiro atoms. The zero-order valence-corrected chi connectivity index (χ0v) is 10.2. The average molecular weight is 225 g/mol. The Labute approximate surface area is 97.8 Å². The lowest BCUT2D eigenvalue weighted by Crippen LogP contribution is -2.42. The van der Waals surface area contributed by atoms with Crippen LogP contribution in [-0.4, -0.2) is 35.6 Å². The maximum absolute atomic E-state index is 11.2. The number of aliphatic carboxylic acids is 1. The molecule has 0 bridgehead atoms. The minimum Gasteiger partial charge on any atom is -0.481 e. The molecule has 3 nitrogen and oxygen atoms in total. The summed E-state index contributed by atoms with van der Waals surface area (Å²) in [5.74, 6) is 0.289. The number of nitrogens with zero attached hydrogens (tertiary/aromatic N) is 1. The van der Waals surface area contributed by atoms with Crippen LogP contribution in [0.15, 0.2) is 0 Å². The number of carboxylic acid groups (broad SMARTS) is 1. The second-order valence-electron chi connectivity index (χ2n) is 5.71. The van der Waals surface area contributed by atoms with Crippen molar-refractivity contribution < 1.29 is 9.90 Å². The fourth-order valence-corrected chi connectivity index (χ4v) is 2.83. The van der Waals surface area contributed by atoms with Gasteiger partial charge in [-0.15, -0.1) is 0 Å². The number of rotatable bonds is 4. The topological polar surface area (TPSA) is 40.5 Å². The Morgan fingerprint density at radius 3 is 2.44 bits per heavy atom. The first-order chi connectivity index (χ1) is 7.62. The van der Waals surface area contributed by atoms with Gasteiger partial charge in [-0.1, -0.05) is 13.3 Å². The van der Waals surface area contributed by atoms with Crippen LogP contribution in [0.3, 0.4) is 0 Å². The zero-order valence-electron chi connectivity index (χ0n) is 10.2. The van der Waals surface area contributed by atoms with E-state index in [1.807, 2.05) is 0 Å². The van der Waals surface area contributed by atoms with E-state index in [-0.39, 0.29) is 5.41 Å². The summed E-state index contributed by atoms with van der Waals surface area (Å²) in [5.41, 5.74) is -0.358. The number of carbonyl (C=O) groups is 1. The average Bonchev–Trinajstić information content (AvgIpc) is 2.18. The van der Waals surface area contributed by atoms with Gasteiger partial charge in [-0.05, 0) is 57.7 Å². The molecule has 2 aliphatic rings. The van der Waals surface area contributed by atoms with E-state index >= 15 is 0 Å². The zero-order chi connectivity index (χ0) is 11.6. The summed E-state index contributed by atoms with van der Waals surface area (Å²) in [6, 6.07) is 0. The van der Waals surface area contributed by atoms with Gasteiger partial charge in [0.2, 0.25) is 0 Å². The molecule has 92 valence electrons. The van der Waals surface area contributed by atoms with Crippen LogP contribution in [0.2, 0.25) is 0 Å². The largest absolute Gasteiger partial charge is 0.481 e. The van der Waals surface area contributed by atoms with Gasteiger partial charge < -0.3 is 10.0 Å². The number of piperidine rings is 1. The van der Waals surface area contributed by atoms with Gasteiger partial charge in [0.1, 0.15) is 0 Å². The third kappa shape index (κ3) is 2.40. The first-order valence-corrected chi connectivity index (χ1v) is 6.58. The van der Waals surface area contributed by atoms with Crippen LogP contribution in [0.4, 0.5) is 0 Å². The molecular weight excluding hydrogens is 202 g/mol. The number of carboxylic acids is 1. The molecule has 0 radical (unpaired) electrons. The van der Waals surface area contributed by atoms with Crippen LogP contribution in [0.5, 0.6) is 0 Å². The Balaban J connectivity index is 1.76. The standard InChI is InChI=1S/C13H23NO2/c1-11-3-8-14(9-4-11)10-7-13(12(15)16)5-2-6-13/h11H,2-10H2,1H3,(H,15,16). The molecular formula is C13H23NO2. The molecule has 0 amide bonds. The van der Waals surface area contributed by atoms with Crippen molar-refractivity contribution in [3.63, 3.8) is 0 Å². The third-order valence-electron chi connectivity index (χ3n) is 4.55. The predicted molar refractivity (Wildman–Crippen MR) is 63.4 cm³/mol. The summed E-state index contributed by atoms with van der Waals surface area (Å²) in [4.78, 5) is 13.7. The van der Waals surface area contributed by atoms with Gasteiger partial charge in [-0.3, -0.25) is 4.79 Å². The van der Waals surface area contributed by atoms with E-state index in [1.54, 1.807) is 0 Å². The highest BCUT2D eigenvalue weighted by Crippen LogP contribution is 2.44. The van der Waals surface area contributed by atoms with Crippen molar-refractivity contribution in [2.75, 3.05) is 19.6 Å². The lowest BCUT2D eigenvalue weighted by Gasteiger charge is -2.40. The molecule has 2 rings (SSSR count). The lowest BCUT2D eigenvalue weighted by atomic mass is 9.66. The Kier molecular flexibility index (Phi) is 3.53. The maximum Gasteiger partial charge on any atom is 0.309 e. The quantitative estimate of drug-likeness (QED) is 0.798. The molecule has 0 aromatic heterocycles. The van der Waals surface area contributed by atoms with Crippen LogP contribution >= 0.6 is 0 Å². The van der Waals surface area contributed by atoms with E-state index < -0.39 is 5.97 Å². The van der Waals surface area contributed by atoms with Gasteiger partial charge in [-0.25, -0.2) is 0 Å². The third-order valence-corrected chi connectivity index (χ3v) is 4.55. The molecule has 3 heteroatoms. The van der Waals surface area contributed by atoms with E-state index in [0.717, 1.165) is 51.2 Å². The second kappa shape index (κ2) is 4.74. The van der Waals surface area contributed by atoms with Gasteiger partial charge in [0.25, 0.3) is 0 Å². The molecule has 1 aliphatic heterocycles. The smallest absolute Gasteiger partial charge is 0.309 e. The molecule has 2 fully saturated rings. The SMILES string of the molecule is CC1CCN(CCC2(C(=O)O)CCC2)CC1. The Bertz CT molecular complexity index is 253. The van der Waals surface area contributed by atoms with E-state index in [4.69, 9.17) is 0 Å². The molecule has 0 aromatic carbocycles. The maximum atomic E-state index is 11.2. The number of likely N-dealkylation sites (tertiary alicyclic amines) is 1. The van der Waals surface area contributed by atoms with Crippen molar-refractivity contribution in [2.45, 2.75) is 45.4 Å². The molecule has 1 saturated heterocycles. The summed E-state index contributed by atoms with van der Waals surface area (Å²) in [6.45, 7) is 5.62. The highest BCUT2D eigenvalue weighted by Gasteiger charge is 2.44. The van der Waals surface area contributed by atoms with Gasteiger partial charge in [0.05, 0.1) is 5.41 Å². The van der Waals surface area contributed by atoms with Crippen LogP contribution < -0.4 is 0 Å². The van der Waals surface area contributed by atoms with Crippen LogP contribution in [0.25, 0.3) is 0 Å². The molecule has 0 aromatic rings. The van der Waals surface area contributed by atoms with Gasteiger partial charge >= 0.3 is 5.97 Å². The van der Waals surface area contributed by atoms with E-state index in [1.165, 1.54) is 12.8 Å². The second-order valence-corrected chi connectivity index (χ2v) is 5.71. The van der Waals surface area contributed by atoms with Crippen LogP contribution in [0, 0.1) is 11.3 Å². The van der Waals surface area contributed by atoms with Crippen molar-refractivity contribution in [3.8, 4) is 0 Å². The van der Waals surface area contributed by atoms with Crippen molar-refractivity contribution in [1.29, 1.82) is 0 Å². The first-order valence-electron chi connectivity index (χ1n) is 6.58. The predicted octanol–water partition coefficient (Wildman–Crippen LogP) is 2.36. The summed E-state index contributed by atoms with van der Waals surface area (Å²) < 4.78 is 0. The number of hydrogen-bond acceptors (Lipinski definition) is 2. The summed E-state index contributed by atoms with van der Waals surface area (Å²) >= 11 is 0. The fraction of sp³-hybridized carbons (Fsp3) is 0.923. The molecule has 0 atom stereocenters. The summed E-state index contributed by atoms with van der Waals surface area (Å²) in [5, 5.41) is 9.24. The van der Waals surface area contributed by atoms with Gasteiger partial charge in [0, 0.05) is 0 Å². The molecule has 1 heterocycles. The normalized spacial score (nSPS) is 26.3. The van der Waals surface area contributed by atoms with Gasteiger partial charge in [-0.2, -0.15) is 0 Å². The fourth-order valence-electron chi connectivity index (χ4n) is 2.83. The van der Waals surface area contributed by atoms with Crippen molar-refractivity contribution in [2.24, 2.45) is 11.3 Å². The van der Waals surface area contributed by atoms with Crippen molar-refractivity contribution >= 4 is 5.97 Å². The Morgan fingerprint density at radius 2 is 2.00 bits per heavy atom. The van der Waals surface area contributed by atoms with Crippen LogP contribution in [0.1, 0.15) is 45.4 Å². The van der Waals surface area contributed by atoms with E-state index in [0.29, 0.717) is 0 Å². The van der Waals surface area contributed by atoms with E-state index in [2.05, 4.69) is 11.8 Å². The lowest BCUT2D eigenvalue weighted by molar-refractivity contribution is -0.155. The Hall–Kier alpha value is -0.570. The molecule has 0 unspecified atom stereocenters.